The van der Waals surface area contributed by atoms with Gasteiger partial charge in [-0.15, -0.1) is 0 Å². The number of rotatable bonds is 5. The van der Waals surface area contributed by atoms with Crippen molar-refractivity contribution in [1.82, 2.24) is 5.32 Å². The zero-order valence-electron chi connectivity index (χ0n) is 12.0. The van der Waals surface area contributed by atoms with Crippen LogP contribution in [0.5, 0.6) is 11.5 Å². The molecule has 21 heavy (non-hydrogen) atoms. The Balaban J connectivity index is 2.22. The maximum absolute atomic E-state index is 12.2. The summed E-state index contributed by atoms with van der Waals surface area (Å²) in [5, 5.41) is 2.90. The lowest BCUT2D eigenvalue weighted by atomic mass is 10.1. The average molecular weight is 354 g/mol. The number of ether oxygens (including phenoxy) is 2. The molecule has 0 fully saturated rings. The monoisotopic (exact) mass is 353 g/mol. The Hall–Kier alpha value is -1.95. The lowest BCUT2D eigenvalue weighted by Crippen LogP contribution is -2.26. The van der Waals surface area contributed by atoms with Crippen LogP contribution in [0, 0.1) is 0 Å². The molecule has 0 aliphatic rings. The van der Waals surface area contributed by atoms with Gasteiger partial charge in [0.2, 0.25) is 0 Å². The molecule has 0 aliphatic heterocycles. The van der Waals surface area contributed by atoms with Crippen molar-refractivity contribution < 1.29 is 18.7 Å². The van der Waals surface area contributed by atoms with Crippen LogP contribution >= 0.6 is 15.9 Å². The highest BCUT2D eigenvalue weighted by Crippen LogP contribution is 2.29. The predicted octanol–water partition coefficient (Wildman–Crippen LogP) is 3.55. The number of hydrogen-bond acceptors (Lipinski definition) is 4. The fourth-order valence-electron chi connectivity index (χ4n) is 1.99. The number of carbonyl (C=O) groups excluding carboxylic acids is 1. The Morgan fingerprint density at radius 2 is 2.05 bits per heavy atom. The second-order valence-electron chi connectivity index (χ2n) is 4.41. The summed E-state index contributed by atoms with van der Waals surface area (Å²) in [4.78, 5) is 12.2. The van der Waals surface area contributed by atoms with Gasteiger partial charge in [0.25, 0.3) is 5.91 Å². The number of hydrogen-bond donors (Lipinski definition) is 1. The average Bonchev–Trinajstić information content (AvgIpc) is 2.92. The van der Waals surface area contributed by atoms with E-state index >= 15 is 0 Å². The molecule has 0 saturated heterocycles. The molecule has 1 aromatic heterocycles. The number of furan rings is 1. The minimum absolute atomic E-state index is 0.229. The van der Waals surface area contributed by atoms with Crippen molar-refractivity contribution in [2.24, 2.45) is 0 Å². The fourth-order valence-corrected chi connectivity index (χ4v) is 2.41. The first kappa shape index (κ1) is 15.4. The number of amides is 1. The van der Waals surface area contributed by atoms with Crippen LogP contribution in [0.25, 0.3) is 0 Å². The number of methoxy groups -OCH3 is 2. The molecule has 1 unspecified atom stereocenters. The van der Waals surface area contributed by atoms with E-state index < -0.39 is 0 Å². The minimum Gasteiger partial charge on any atom is -0.497 e. The Morgan fingerprint density at radius 1 is 1.29 bits per heavy atom. The predicted molar refractivity (Wildman–Crippen MR) is 81.8 cm³/mol. The first-order chi connectivity index (χ1) is 10.1. The SMILES string of the molecule is COc1ccc(OC)c(C(C)NC(=O)c2ccoc2Br)c1. The van der Waals surface area contributed by atoms with E-state index in [1.807, 2.05) is 25.1 Å². The van der Waals surface area contributed by atoms with Crippen LogP contribution in [0.15, 0.2) is 39.6 Å². The first-order valence-corrected chi connectivity index (χ1v) is 7.12. The maximum atomic E-state index is 12.2. The molecule has 112 valence electrons. The van der Waals surface area contributed by atoms with Gasteiger partial charge in [-0.25, -0.2) is 0 Å². The second kappa shape index (κ2) is 6.67. The third-order valence-electron chi connectivity index (χ3n) is 3.11. The largest absolute Gasteiger partial charge is 0.497 e. The standard InChI is InChI=1S/C15H16BrNO4/c1-9(17-15(18)11-6-7-21-14(11)16)12-8-10(19-2)4-5-13(12)20-3/h4-9H,1-3H3,(H,17,18). The highest BCUT2D eigenvalue weighted by atomic mass is 79.9. The molecule has 2 aromatic rings. The van der Waals surface area contributed by atoms with E-state index in [0.29, 0.717) is 21.7 Å². The molecule has 1 amide bonds. The lowest BCUT2D eigenvalue weighted by molar-refractivity contribution is 0.0937. The van der Waals surface area contributed by atoms with Gasteiger partial charge in [0, 0.05) is 5.56 Å². The van der Waals surface area contributed by atoms with Crippen molar-refractivity contribution in [3.8, 4) is 11.5 Å². The molecule has 0 radical (unpaired) electrons. The molecule has 0 saturated carbocycles. The Labute approximate surface area is 131 Å². The van der Waals surface area contributed by atoms with E-state index in [9.17, 15) is 4.79 Å². The van der Waals surface area contributed by atoms with Crippen LogP contribution < -0.4 is 14.8 Å². The highest BCUT2D eigenvalue weighted by Gasteiger charge is 2.18. The molecule has 6 heteroatoms. The smallest absolute Gasteiger partial charge is 0.256 e. The molecular formula is C15H16BrNO4. The van der Waals surface area contributed by atoms with Gasteiger partial charge in [-0.1, -0.05) is 0 Å². The number of carbonyl (C=O) groups is 1. The van der Waals surface area contributed by atoms with E-state index in [1.54, 1.807) is 20.3 Å². The van der Waals surface area contributed by atoms with Crippen molar-refractivity contribution in [3.63, 3.8) is 0 Å². The number of halogens is 1. The van der Waals surface area contributed by atoms with E-state index in [2.05, 4.69) is 21.2 Å². The molecule has 1 atom stereocenters. The summed E-state index contributed by atoms with van der Waals surface area (Å²) in [5.41, 5.74) is 1.29. The molecule has 0 aliphatic carbocycles. The summed E-state index contributed by atoms with van der Waals surface area (Å²) < 4.78 is 16.0. The summed E-state index contributed by atoms with van der Waals surface area (Å²) in [6, 6.07) is 6.82. The molecule has 0 bridgehead atoms. The summed E-state index contributed by atoms with van der Waals surface area (Å²) in [7, 11) is 3.18. The molecule has 1 N–H and O–H groups in total. The Morgan fingerprint density at radius 3 is 2.62 bits per heavy atom. The van der Waals surface area contributed by atoms with Crippen LogP contribution in [0.1, 0.15) is 28.9 Å². The normalized spacial score (nSPS) is 11.8. The molecule has 0 spiro atoms. The summed E-state index contributed by atoms with van der Waals surface area (Å²) >= 11 is 3.19. The maximum Gasteiger partial charge on any atom is 0.256 e. The molecule has 5 nitrogen and oxygen atoms in total. The third-order valence-corrected chi connectivity index (χ3v) is 3.73. The molecular weight excluding hydrogens is 338 g/mol. The number of nitrogens with one attached hydrogen (secondary N) is 1. The quantitative estimate of drug-likeness (QED) is 0.892. The fraction of sp³-hybridized carbons (Fsp3) is 0.267. The van der Waals surface area contributed by atoms with Crippen molar-refractivity contribution in [3.05, 3.63) is 46.3 Å². The van der Waals surface area contributed by atoms with Gasteiger partial charge in [-0.3, -0.25) is 4.79 Å². The lowest BCUT2D eigenvalue weighted by Gasteiger charge is -2.18. The van der Waals surface area contributed by atoms with E-state index in [4.69, 9.17) is 13.9 Å². The van der Waals surface area contributed by atoms with Crippen LogP contribution in [-0.2, 0) is 0 Å². The van der Waals surface area contributed by atoms with Gasteiger partial charge in [0.15, 0.2) is 4.67 Å². The van der Waals surface area contributed by atoms with Gasteiger partial charge < -0.3 is 19.2 Å². The van der Waals surface area contributed by atoms with Gasteiger partial charge in [0.1, 0.15) is 11.5 Å². The summed E-state index contributed by atoms with van der Waals surface area (Å²) in [6.45, 7) is 1.88. The van der Waals surface area contributed by atoms with Gasteiger partial charge in [0.05, 0.1) is 32.1 Å². The van der Waals surface area contributed by atoms with E-state index in [1.165, 1.54) is 6.26 Å². The Bertz CT molecular complexity index is 638. The third kappa shape index (κ3) is 3.39. The van der Waals surface area contributed by atoms with Gasteiger partial charge in [-0.05, 0) is 47.1 Å². The van der Waals surface area contributed by atoms with Crippen LogP contribution in [0.4, 0.5) is 0 Å². The second-order valence-corrected chi connectivity index (χ2v) is 5.13. The van der Waals surface area contributed by atoms with Gasteiger partial charge >= 0.3 is 0 Å². The topological polar surface area (TPSA) is 60.7 Å². The van der Waals surface area contributed by atoms with Crippen LogP contribution in [0.2, 0.25) is 0 Å². The Kier molecular flexibility index (Phi) is 4.90. The van der Waals surface area contributed by atoms with Crippen LogP contribution in [0.3, 0.4) is 0 Å². The first-order valence-electron chi connectivity index (χ1n) is 6.32. The molecule has 1 heterocycles. The minimum atomic E-state index is -0.246. The highest BCUT2D eigenvalue weighted by molar-refractivity contribution is 9.10. The van der Waals surface area contributed by atoms with Crippen molar-refractivity contribution in [2.45, 2.75) is 13.0 Å². The zero-order valence-corrected chi connectivity index (χ0v) is 13.6. The van der Waals surface area contributed by atoms with Crippen molar-refractivity contribution in [2.75, 3.05) is 14.2 Å². The van der Waals surface area contributed by atoms with E-state index in [0.717, 1.165) is 5.56 Å². The summed E-state index contributed by atoms with van der Waals surface area (Å²) in [5.74, 6) is 1.17. The van der Waals surface area contributed by atoms with Gasteiger partial charge in [-0.2, -0.15) is 0 Å². The number of benzene rings is 1. The van der Waals surface area contributed by atoms with Crippen molar-refractivity contribution >= 4 is 21.8 Å². The van der Waals surface area contributed by atoms with Crippen LogP contribution in [-0.4, -0.2) is 20.1 Å². The van der Waals surface area contributed by atoms with Crippen molar-refractivity contribution in [1.29, 1.82) is 0 Å². The molecule has 1 aromatic carbocycles. The molecule has 2 rings (SSSR count). The van der Waals surface area contributed by atoms with E-state index in [-0.39, 0.29) is 11.9 Å². The summed E-state index contributed by atoms with van der Waals surface area (Å²) in [6.07, 6.45) is 1.45. The zero-order chi connectivity index (χ0) is 15.4.